The molecule has 0 aromatic heterocycles. The van der Waals surface area contributed by atoms with Crippen LogP contribution in [0.3, 0.4) is 0 Å². The van der Waals surface area contributed by atoms with Crippen molar-refractivity contribution in [3.63, 3.8) is 0 Å². The van der Waals surface area contributed by atoms with Gasteiger partial charge < -0.3 is 9.84 Å². The van der Waals surface area contributed by atoms with Crippen molar-refractivity contribution in [3.05, 3.63) is 70.8 Å². The number of ether oxygens (including phenoxy) is 1. The Balaban J connectivity index is 2.16. The van der Waals surface area contributed by atoms with Gasteiger partial charge in [-0.1, -0.05) is 43.3 Å². The number of carboxylic acids is 1. The van der Waals surface area contributed by atoms with Crippen LogP contribution in [0.25, 0.3) is 0 Å². The molecule has 4 heteroatoms. The van der Waals surface area contributed by atoms with Crippen LogP contribution in [-0.4, -0.2) is 17.0 Å². The third-order valence-electron chi connectivity index (χ3n) is 3.52. The number of hydrogen-bond donors (Lipinski definition) is 1. The molecule has 0 bridgehead atoms. The van der Waals surface area contributed by atoms with E-state index in [9.17, 15) is 9.59 Å². The molecule has 0 aliphatic carbocycles. The molecule has 2 aromatic carbocycles. The van der Waals surface area contributed by atoms with Crippen molar-refractivity contribution in [1.29, 1.82) is 0 Å². The molecule has 0 saturated heterocycles. The van der Waals surface area contributed by atoms with Gasteiger partial charge in [0, 0.05) is 0 Å². The van der Waals surface area contributed by atoms with Gasteiger partial charge in [0.25, 0.3) is 0 Å². The predicted octanol–water partition coefficient (Wildman–Crippen LogP) is 3.87. The Kier molecular flexibility index (Phi) is 4.94. The van der Waals surface area contributed by atoms with E-state index in [0.717, 1.165) is 12.0 Å². The lowest BCUT2D eigenvalue weighted by Crippen LogP contribution is -2.13. The summed E-state index contributed by atoms with van der Waals surface area (Å²) in [5, 5.41) is 9.12. The summed E-state index contributed by atoms with van der Waals surface area (Å²) in [4.78, 5) is 23.3. The first-order chi connectivity index (χ1) is 10.5. The Bertz CT molecular complexity index is 674. The number of hydrogen-bond acceptors (Lipinski definition) is 3. The fourth-order valence-electron chi connectivity index (χ4n) is 2.16. The number of esters is 1. The Morgan fingerprint density at radius 1 is 1.05 bits per heavy atom. The second-order valence-electron chi connectivity index (χ2n) is 4.99. The fraction of sp³-hybridized carbons (Fsp3) is 0.222. The molecule has 0 spiro atoms. The first-order valence-electron chi connectivity index (χ1n) is 7.15. The molecular formula is C18H18O4. The molecule has 0 aliphatic rings. The van der Waals surface area contributed by atoms with Crippen molar-refractivity contribution in [1.82, 2.24) is 0 Å². The summed E-state index contributed by atoms with van der Waals surface area (Å²) in [6.45, 7) is 3.84. The normalized spacial score (nSPS) is 11.7. The average molecular weight is 298 g/mol. The largest absolute Gasteiger partial charge is 0.478 e. The number of aryl methyl sites for hydroxylation is 1. The summed E-state index contributed by atoms with van der Waals surface area (Å²) >= 11 is 0. The van der Waals surface area contributed by atoms with E-state index in [1.54, 1.807) is 19.1 Å². The molecule has 0 radical (unpaired) electrons. The van der Waals surface area contributed by atoms with Gasteiger partial charge in [-0.05, 0) is 36.6 Å². The number of carbonyl (C=O) groups excluding carboxylic acids is 1. The minimum atomic E-state index is -1.15. The van der Waals surface area contributed by atoms with Gasteiger partial charge in [-0.3, -0.25) is 0 Å². The minimum Gasteiger partial charge on any atom is -0.478 e. The highest BCUT2D eigenvalue weighted by atomic mass is 16.5. The van der Waals surface area contributed by atoms with Crippen LogP contribution in [0.4, 0.5) is 0 Å². The van der Waals surface area contributed by atoms with Gasteiger partial charge in [0.15, 0.2) is 0 Å². The topological polar surface area (TPSA) is 63.6 Å². The highest BCUT2D eigenvalue weighted by Crippen LogP contribution is 2.20. The van der Waals surface area contributed by atoms with Gasteiger partial charge in [0.1, 0.15) is 6.10 Å². The van der Waals surface area contributed by atoms with E-state index in [1.165, 1.54) is 17.7 Å². The molecular weight excluding hydrogens is 280 g/mol. The SMILES string of the molecule is CCc1ccc([C@H](C)OC(=O)c2ccccc2C(=O)O)cc1. The highest BCUT2D eigenvalue weighted by molar-refractivity contribution is 6.02. The van der Waals surface area contributed by atoms with E-state index in [2.05, 4.69) is 6.92 Å². The lowest BCUT2D eigenvalue weighted by Gasteiger charge is -2.15. The van der Waals surface area contributed by atoms with Crippen LogP contribution in [0, 0.1) is 0 Å². The predicted molar refractivity (Wildman–Crippen MR) is 83.1 cm³/mol. The second kappa shape index (κ2) is 6.89. The molecule has 114 valence electrons. The Morgan fingerprint density at radius 2 is 1.64 bits per heavy atom. The third kappa shape index (κ3) is 3.52. The van der Waals surface area contributed by atoms with Crippen LogP contribution >= 0.6 is 0 Å². The number of carbonyl (C=O) groups is 2. The number of carboxylic acid groups (broad SMARTS) is 1. The van der Waals surface area contributed by atoms with E-state index in [4.69, 9.17) is 9.84 Å². The minimum absolute atomic E-state index is 0.0546. The summed E-state index contributed by atoms with van der Waals surface area (Å²) in [5.41, 5.74) is 2.09. The van der Waals surface area contributed by atoms with E-state index in [1.807, 2.05) is 24.3 Å². The van der Waals surface area contributed by atoms with Crippen LogP contribution in [-0.2, 0) is 11.2 Å². The number of benzene rings is 2. The van der Waals surface area contributed by atoms with Crippen molar-refractivity contribution in [2.24, 2.45) is 0 Å². The van der Waals surface area contributed by atoms with Gasteiger partial charge >= 0.3 is 11.9 Å². The van der Waals surface area contributed by atoms with E-state index >= 15 is 0 Å². The van der Waals surface area contributed by atoms with Gasteiger partial charge in [0.2, 0.25) is 0 Å². The number of aromatic carboxylic acids is 1. The summed E-state index contributed by atoms with van der Waals surface area (Å²) < 4.78 is 5.38. The highest BCUT2D eigenvalue weighted by Gasteiger charge is 2.19. The van der Waals surface area contributed by atoms with Crippen molar-refractivity contribution < 1.29 is 19.4 Å². The quantitative estimate of drug-likeness (QED) is 0.851. The van der Waals surface area contributed by atoms with Gasteiger partial charge in [0.05, 0.1) is 11.1 Å². The zero-order chi connectivity index (χ0) is 16.1. The molecule has 0 saturated carbocycles. The van der Waals surface area contributed by atoms with Crippen molar-refractivity contribution in [2.45, 2.75) is 26.4 Å². The first kappa shape index (κ1) is 15.8. The van der Waals surface area contributed by atoms with Crippen molar-refractivity contribution in [3.8, 4) is 0 Å². The lowest BCUT2D eigenvalue weighted by molar-refractivity contribution is 0.0331. The molecule has 22 heavy (non-hydrogen) atoms. The van der Waals surface area contributed by atoms with Crippen LogP contribution in [0.5, 0.6) is 0 Å². The van der Waals surface area contributed by atoms with Crippen molar-refractivity contribution >= 4 is 11.9 Å². The maximum absolute atomic E-state index is 12.2. The van der Waals surface area contributed by atoms with Gasteiger partial charge in [-0.25, -0.2) is 9.59 Å². The van der Waals surface area contributed by atoms with Crippen LogP contribution in [0.1, 0.15) is 51.8 Å². The summed E-state index contributed by atoms with van der Waals surface area (Å²) in [6, 6.07) is 13.9. The molecule has 0 amide bonds. The maximum atomic E-state index is 12.2. The van der Waals surface area contributed by atoms with Crippen LogP contribution < -0.4 is 0 Å². The Hall–Kier alpha value is -2.62. The molecule has 2 rings (SSSR count). The fourth-order valence-corrected chi connectivity index (χ4v) is 2.16. The average Bonchev–Trinajstić information content (AvgIpc) is 2.54. The maximum Gasteiger partial charge on any atom is 0.339 e. The zero-order valence-corrected chi connectivity index (χ0v) is 12.6. The summed E-state index contributed by atoms with van der Waals surface area (Å²) in [5.74, 6) is -1.78. The smallest absolute Gasteiger partial charge is 0.339 e. The number of rotatable bonds is 5. The molecule has 2 aromatic rings. The molecule has 1 N–H and O–H groups in total. The van der Waals surface area contributed by atoms with Crippen LogP contribution in [0.15, 0.2) is 48.5 Å². The third-order valence-corrected chi connectivity index (χ3v) is 3.52. The van der Waals surface area contributed by atoms with E-state index in [0.29, 0.717) is 0 Å². The Morgan fingerprint density at radius 3 is 2.18 bits per heavy atom. The first-order valence-corrected chi connectivity index (χ1v) is 7.15. The molecule has 0 fully saturated rings. The van der Waals surface area contributed by atoms with E-state index < -0.39 is 18.0 Å². The molecule has 0 heterocycles. The van der Waals surface area contributed by atoms with Crippen molar-refractivity contribution in [2.75, 3.05) is 0 Å². The molecule has 1 atom stereocenters. The molecule has 0 aliphatic heterocycles. The van der Waals surface area contributed by atoms with Gasteiger partial charge in [-0.2, -0.15) is 0 Å². The second-order valence-corrected chi connectivity index (χ2v) is 4.99. The van der Waals surface area contributed by atoms with E-state index in [-0.39, 0.29) is 11.1 Å². The lowest BCUT2D eigenvalue weighted by atomic mass is 10.1. The van der Waals surface area contributed by atoms with Crippen LogP contribution in [0.2, 0.25) is 0 Å². The molecule has 0 unspecified atom stereocenters. The summed E-state index contributed by atoms with van der Waals surface area (Å²) in [6.07, 6.45) is 0.501. The summed E-state index contributed by atoms with van der Waals surface area (Å²) in [7, 11) is 0. The monoisotopic (exact) mass is 298 g/mol. The molecule has 4 nitrogen and oxygen atoms in total. The van der Waals surface area contributed by atoms with Gasteiger partial charge in [-0.15, -0.1) is 0 Å². The Labute approximate surface area is 129 Å². The standard InChI is InChI=1S/C18H18O4/c1-3-13-8-10-14(11-9-13)12(2)22-18(21)16-7-5-4-6-15(16)17(19)20/h4-12H,3H2,1-2H3,(H,19,20)/t12-/m0/s1. The zero-order valence-electron chi connectivity index (χ0n) is 12.6.